The number of fused-ring (bicyclic) bond motifs is 1. The van der Waals surface area contributed by atoms with Gasteiger partial charge in [-0.15, -0.1) is 22.9 Å². The van der Waals surface area contributed by atoms with Gasteiger partial charge < -0.3 is 4.74 Å². The average molecular weight is 304 g/mol. The molecule has 3 rings (SSSR count). The highest BCUT2D eigenvalue weighted by molar-refractivity contribution is 7.16. The van der Waals surface area contributed by atoms with E-state index in [4.69, 9.17) is 16.3 Å². The number of hydrogen-bond donors (Lipinski definition) is 0. The predicted octanol–water partition coefficient (Wildman–Crippen LogP) is 5.05. The van der Waals surface area contributed by atoms with Crippen LogP contribution in [0.3, 0.4) is 0 Å². The van der Waals surface area contributed by atoms with Gasteiger partial charge >= 0.3 is 0 Å². The number of halogens is 1. The molecule has 0 saturated carbocycles. The summed E-state index contributed by atoms with van der Waals surface area (Å²) < 4.78 is 7.31. The largest absolute Gasteiger partial charge is 0.483 e. The molecule has 0 N–H and O–H groups in total. The van der Waals surface area contributed by atoms with Crippen LogP contribution in [0.4, 0.5) is 0 Å². The summed E-state index contributed by atoms with van der Waals surface area (Å²) in [5.41, 5.74) is 3.91. The number of aromatic nitrogens is 1. The maximum Gasteiger partial charge on any atom is 0.147 e. The SMILES string of the molecule is ClCCC(Oc1cccc2scnc12)c1ccccc1. The van der Waals surface area contributed by atoms with Gasteiger partial charge in [0.15, 0.2) is 0 Å². The Balaban J connectivity index is 1.92. The second-order valence-electron chi connectivity index (χ2n) is 4.45. The highest BCUT2D eigenvalue weighted by atomic mass is 35.5. The van der Waals surface area contributed by atoms with E-state index in [1.807, 2.05) is 35.8 Å². The summed E-state index contributed by atoms with van der Waals surface area (Å²) in [5.74, 6) is 1.38. The van der Waals surface area contributed by atoms with E-state index in [-0.39, 0.29) is 6.10 Å². The first kappa shape index (κ1) is 13.4. The van der Waals surface area contributed by atoms with E-state index in [1.165, 1.54) is 0 Å². The molecule has 0 radical (unpaired) electrons. The van der Waals surface area contributed by atoms with Crippen molar-refractivity contribution in [2.45, 2.75) is 12.5 Å². The van der Waals surface area contributed by atoms with E-state index in [0.717, 1.165) is 28.0 Å². The second kappa shape index (κ2) is 6.25. The molecule has 20 heavy (non-hydrogen) atoms. The summed E-state index contributed by atoms with van der Waals surface area (Å²) in [6.45, 7) is 0. The highest BCUT2D eigenvalue weighted by Crippen LogP contribution is 2.32. The van der Waals surface area contributed by atoms with Gasteiger partial charge in [0.2, 0.25) is 0 Å². The van der Waals surface area contributed by atoms with Gasteiger partial charge in [0.05, 0.1) is 10.2 Å². The third-order valence-electron chi connectivity index (χ3n) is 3.14. The first-order valence-electron chi connectivity index (χ1n) is 6.48. The van der Waals surface area contributed by atoms with Crippen LogP contribution < -0.4 is 4.74 Å². The summed E-state index contributed by atoms with van der Waals surface area (Å²) in [4.78, 5) is 4.39. The number of para-hydroxylation sites is 1. The first-order chi connectivity index (χ1) is 9.88. The van der Waals surface area contributed by atoms with E-state index in [0.29, 0.717) is 5.88 Å². The first-order valence-corrected chi connectivity index (χ1v) is 7.89. The minimum Gasteiger partial charge on any atom is -0.483 e. The van der Waals surface area contributed by atoms with Crippen LogP contribution >= 0.6 is 22.9 Å². The lowest BCUT2D eigenvalue weighted by atomic mass is 10.1. The molecule has 2 aromatic carbocycles. The molecule has 0 aliphatic carbocycles. The summed E-state index contributed by atoms with van der Waals surface area (Å²) in [5, 5.41) is 0. The molecule has 0 saturated heterocycles. The fourth-order valence-corrected chi connectivity index (χ4v) is 3.06. The molecule has 1 aromatic heterocycles. The van der Waals surface area contributed by atoms with Gasteiger partial charge in [-0.05, 0) is 17.7 Å². The van der Waals surface area contributed by atoms with Crippen molar-refractivity contribution in [3.05, 3.63) is 59.6 Å². The number of ether oxygens (including phenoxy) is 1. The van der Waals surface area contributed by atoms with Crippen molar-refractivity contribution >= 4 is 33.2 Å². The highest BCUT2D eigenvalue weighted by Gasteiger charge is 2.15. The Hall–Kier alpha value is -1.58. The molecule has 0 aliphatic heterocycles. The molecule has 0 fully saturated rings. The molecule has 102 valence electrons. The van der Waals surface area contributed by atoms with E-state index in [2.05, 4.69) is 23.2 Å². The summed E-state index contributed by atoms with van der Waals surface area (Å²) in [6, 6.07) is 16.2. The average Bonchev–Trinajstić information content (AvgIpc) is 2.97. The Kier molecular flexibility index (Phi) is 4.19. The molecule has 0 bridgehead atoms. The zero-order valence-corrected chi connectivity index (χ0v) is 12.4. The molecular formula is C16H14ClNOS. The van der Waals surface area contributed by atoms with Crippen LogP contribution in [-0.4, -0.2) is 10.9 Å². The summed E-state index contributed by atoms with van der Waals surface area (Å²) >= 11 is 7.54. The van der Waals surface area contributed by atoms with Crippen molar-refractivity contribution in [3.63, 3.8) is 0 Å². The Labute approximate surface area is 127 Å². The number of nitrogens with zero attached hydrogens (tertiary/aromatic N) is 1. The van der Waals surface area contributed by atoms with Gasteiger partial charge in [-0.2, -0.15) is 0 Å². The fraction of sp³-hybridized carbons (Fsp3) is 0.188. The van der Waals surface area contributed by atoms with Gasteiger partial charge in [-0.25, -0.2) is 4.98 Å². The maximum absolute atomic E-state index is 6.17. The second-order valence-corrected chi connectivity index (χ2v) is 5.71. The van der Waals surface area contributed by atoms with E-state index < -0.39 is 0 Å². The van der Waals surface area contributed by atoms with Crippen molar-refractivity contribution in [2.24, 2.45) is 0 Å². The standard InChI is InChI=1S/C16H14ClNOS/c17-10-9-13(12-5-2-1-3-6-12)19-14-7-4-8-15-16(14)18-11-20-15/h1-8,11,13H,9-10H2. The maximum atomic E-state index is 6.17. The lowest BCUT2D eigenvalue weighted by molar-refractivity contribution is 0.204. The molecule has 1 heterocycles. The lowest BCUT2D eigenvalue weighted by Gasteiger charge is -2.19. The number of alkyl halides is 1. The molecule has 2 nitrogen and oxygen atoms in total. The van der Waals surface area contributed by atoms with E-state index in [9.17, 15) is 0 Å². The van der Waals surface area contributed by atoms with Crippen molar-refractivity contribution in [1.82, 2.24) is 4.98 Å². The van der Waals surface area contributed by atoms with Crippen molar-refractivity contribution in [2.75, 3.05) is 5.88 Å². The quantitative estimate of drug-likeness (QED) is 0.616. The fourth-order valence-electron chi connectivity index (χ4n) is 2.17. The topological polar surface area (TPSA) is 22.1 Å². The molecule has 1 atom stereocenters. The molecular weight excluding hydrogens is 290 g/mol. The van der Waals surface area contributed by atoms with Crippen LogP contribution in [0.1, 0.15) is 18.1 Å². The zero-order chi connectivity index (χ0) is 13.8. The van der Waals surface area contributed by atoms with Gasteiger partial charge in [0, 0.05) is 12.3 Å². The molecule has 1 unspecified atom stereocenters. The minimum atomic E-state index is -0.0407. The minimum absolute atomic E-state index is 0.0407. The van der Waals surface area contributed by atoms with Gasteiger partial charge in [0.1, 0.15) is 17.4 Å². The normalized spacial score (nSPS) is 12.4. The lowest BCUT2D eigenvalue weighted by Crippen LogP contribution is -2.08. The Bertz CT molecular complexity index is 683. The monoisotopic (exact) mass is 303 g/mol. The van der Waals surface area contributed by atoms with Gasteiger partial charge in [-0.3, -0.25) is 0 Å². The van der Waals surface area contributed by atoms with Crippen molar-refractivity contribution < 1.29 is 4.74 Å². The van der Waals surface area contributed by atoms with Crippen LogP contribution in [0, 0.1) is 0 Å². The molecule has 4 heteroatoms. The van der Waals surface area contributed by atoms with Crippen LogP contribution in [0.5, 0.6) is 5.75 Å². The molecule has 0 amide bonds. The third kappa shape index (κ3) is 2.79. The molecule has 3 aromatic rings. The van der Waals surface area contributed by atoms with Crippen molar-refractivity contribution in [3.8, 4) is 5.75 Å². The Morgan fingerprint density at radius 1 is 1.10 bits per heavy atom. The van der Waals surface area contributed by atoms with Gasteiger partial charge in [-0.1, -0.05) is 36.4 Å². The third-order valence-corrected chi connectivity index (χ3v) is 4.15. The Morgan fingerprint density at radius 2 is 1.95 bits per heavy atom. The van der Waals surface area contributed by atoms with E-state index in [1.54, 1.807) is 11.3 Å². The summed E-state index contributed by atoms with van der Waals surface area (Å²) in [7, 11) is 0. The van der Waals surface area contributed by atoms with Crippen molar-refractivity contribution in [1.29, 1.82) is 0 Å². The number of hydrogen-bond acceptors (Lipinski definition) is 3. The molecule has 0 spiro atoms. The number of rotatable bonds is 5. The number of benzene rings is 2. The van der Waals surface area contributed by atoms with Gasteiger partial charge in [0.25, 0.3) is 0 Å². The zero-order valence-electron chi connectivity index (χ0n) is 10.8. The van der Waals surface area contributed by atoms with Crippen LogP contribution in [0.25, 0.3) is 10.2 Å². The molecule has 0 aliphatic rings. The number of thiazole rings is 1. The Morgan fingerprint density at radius 3 is 2.75 bits per heavy atom. The predicted molar refractivity (Wildman–Crippen MR) is 84.8 cm³/mol. The van der Waals surface area contributed by atoms with Crippen LogP contribution in [0.2, 0.25) is 0 Å². The van der Waals surface area contributed by atoms with E-state index >= 15 is 0 Å². The van der Waals surface area contributed by atoms with Crippen LogP contribution in [-0.2, 0) is 0 Å². The van der Waals surface area contributed by atoms with Crippen LogP contribution in [0.15, 0.2) is 54.0 Å². The smallest absolute Gasteiger partial charge is 0.147 e. The summed E-state index contributed by atoms with van der Waals surface area (Å²) in [6.07, 6.45) is 0.729.